The fraction of sp³-hybridized carbons (Fsp3) is 0.0714. The first-order chi connectivity index (χ1) is 9.06. The predicted molar refractivity (Wildman–Crippen MR) is 73.6 cm³/mol. The molecule has 0 bridgehead atoms. The highest BCUT2D eigenvalue weighted by molar-refractivity contribution is 6.30. The van der Waals surface area contributed by atoms with Crippen LogP contribution in [0.4, 0.5) is 5.69 Å². The van der Waals surface area contributed by atoms with E-state index in [0.717, 1.165) is 0 Å². The second-order valence-electron chi connectivity index (χ2n) is 3.96. The summed E-state index contributed by atoms with van der Waals surface area (Å²) in [4.78, 5) is 11.1. The number of carboxylic acid groups (broad SMARTS) is 1. The molecular formula is C14H12ClNO3. The third-order valence-electron chi connectivity index (χ3n) is 2.57. The maximum absolute atomic E-state index is 11.1. The summed E-state index contributed by atoms with van der Waals surface area (Å²) in [5, 5.41) is 9.71. The van der Waals surface area contributed by atoms with E-state index < -0.39 is 5.97 Å². The molecule has 0 atom stereocenters. The van der Waals surface area contributed by atoms with Crippen molar-refractivity contribution in [1.82, 2.24) is 0 Å². The average molecular weight is 278 g/mol. The molecule has 0 aliphatic heterocycles. The number of halogens is 1. The predicted octanol–water partition coefficient (Wildman–Crippen LogP) is 3.20. The number of anilines is 1. The number of nitrogens with two attached hydrogens (primary N) is 1. The fourth-order valence-electron chi connectivity index (χ4n) is 1.61. The molecular weight excluding hydrogens is 266 g/mol. The highest BCUT2D eigenvalue weighted by Crippen LogP contribution is 2.19. The van der Waals surface area contributed by atoms with Crippen LogP contribution in [0, 0.1) is 0 Å². The summed E-state index contributed by atoms with van der Waals surface area (Å²) in [5.41, 5.74) is 6.69. The van der Waals surface area contributed by atoms with Crippen molar-refractivity contribution in [2.24, 2.45) is 0 Å². The molecule has 0 spiro atoms. The highest BCUT2D eigenvalue weighted by atomic mass is 35.5. The van der Waals surface area contributed by atoms with E-state index in [-0.39, 0.29) is 12.2 Å². The second kappa shape index (κ2) is 5.63. The van der Waals surface area contributed by atoms with Crippen LogP contribution in [0.2, 0.25) is 5.02 Å². The summed E-state index contributed by atoms with van der Waals surface area (Å²) < 4.78 is 5.51. The Morgan fingerprint density at radius 2 is 1.89 bits per heavy atom. The number of aromatic carboxylic acids is 1. The van der Waals surface area contributed by atoms with Crippen molar-refractivity contribution in [3.8, 4) is 5.75 Å². The minimum absolute atomic E-state index is 0.147. The van der Waals surface area contributed by atoms with Crippen molar-refractivity contribution in [1.29, 1.82) is 0 Å². The van der Waals surface area contributed by atoms with E-state index in [1.807, 2.05) is 0 Å². The first kappa shape index (κ1) is 13.2. The number of hydrogen-bond donors (Lipinski definition) is 2. The van der Waals surface area contributed by atoms with E-state index in [2.05, 4.69) is 0 Å². The van der Waals surface area contributed by atoms with Gasteiger partial charge in [0.2, 0.25) is 0 Å². The number of rotatable bonds is 4. The number of benzene rings is 2. The molecule has 0 aliphatic rings. The zero-order valence-electron chi connectivity index (χ0n) is 9.97. The SMILES string of the molecule is Nc1ccc(COc2ccc(Cl)cc2)c(C(=O)O)c1. The lowest BCUT2D eigenvalue weighted by Crippen LogP contribution is -2.06. The lowest BCUT2D eigenvalue weighted by molar-refractivity contribution is 0.0694. The van der Waals surface area contributed by atoms with Crippen molar-refractivity contribution >= 4 is 23.3 Å². The number of carboxylic acids is 1. The first-order valence-electron chi connectivity index (χ1n) is 5.56. The van der Waals surface area contributed by atoms with Crippen LogP contribution >= 0.6 is 11.6 Å². The summed E-state index contributed by atoms with van der Waals surface area (Å²) in [7, 11) is 0. The quantitative estimate of drug-likeness (QED) is 0.842. The Hall–Kier alpha value is -2.20. The minimum Gasteiger partial charge on any atom is -0.489 e. The number of hydrogen-bond acceptors (Lipinski definition) is 3. The van der Waals surface area contributed by atoms with E-state index in [9.17, 15) is 4.79 Å². The molecule has 0 unspecified atom stereocenters. The van der Waals surface area contributed by atoms with Gasteiger partial charge in [-0.15, -0.1) is 0 Å². The Kier molecular flexibility index (Phi) is 3.92. The van der Waals surface area contributed by atoms with Crippen LogP contribution in [0.5, 0.6) is 5.75 Å². The number of ether oxygens (including phenoxy) is 1. The largest absolute Gasteiger partial charge is 0.489 e. The van der Waals surface area contributed by atoms with Crippen molar-refractivity contribution in [3.05, 3.63) is 58.6 Å². The van der Waals surface area contributed by atoms with Crippen molar-refractivity contribution in [3.63, 3.8) is 0 Å². The summed E-state index contributed by atoms with van der Waals surface area (Å²) in [5.74, 6) is -0.403. The fourth-order valence-corrected chi connectivity index (χ4v) is 1.74. The highest BCUT2D eigenvalue weighted by Gasteiger charge is 2.10. The van der Waals surface area contributed by atoms with Gasteiger partial charge >= 0.3 is 5.97 Å². The molecule has 0 fully saturated rings. The van der Waals surface area contributed by atoms with Crippen LogP contribution in [-0.4, -0.2) is 11.1 Å². The van der Waals surface area contributed by atoms with Crippen LogP contribution in [0.15, 0.2) is 42.5 Å². The lowest BCUT2D eigenvalue weighted by Gasteiger charge is -2.09. The van der Waals surface area contributed by atoms with Gasteiger partial charge in [-0.25, -0.2) is 4.79 Å². The second-order valence-corrected chi connectivity index (χ2v) is 4.40. The van der Waals surface area contributed by atoms with Gasteiger partial charge in [0.25, 0.3) is 0 Å². The van der Waals surface area contributed by atoms with E-state index in [4.69, 9.17) is 27.2 Å². The van der Waals surface area contributed by atoms with Gasteiger partial charge in [0.1, 0.15) is 12.4 Å². The van der Waals surface area contributed by atoms with Crippen LogP contribution in [0.1, 0.15) is 15.9 Å². The molecule has 0 saturated carbocycles. The molecule has 2 rings (SSSR count). The van der Waals surface area contributed by atoms with Crippen molar-refractivity contribution in [2.75, 3.05) is 5.73 Å². The number of nitrogen functional groups attached to an aromatic ring is 1. The zero-order chi connectivity index (χ0) is 13.8. The molecule has 2 aromatic carbocycles. The maximum Gasteiger partial charge on any atom is 0.336 e. The third-order valence-corrected chi connectivity index (χ3v) is 2.82. The first-order valence-corrected chi connectivity index (χ1v) is 5.94. The molecule has 0 aromatic heterocycles. The van der Waals surface area contributed by atoms with Gasteiger partial charge in [-0.2, -0.15) is 0 Å². The molecule has 0 radical (unpaired) electrons. The Balaban J connectivity index is 2.15. The van der Waals surface area contributed by atoms with E-state index in [1.54, 1.807) is 36.4 Å². The Morgan fingerprint density at radius 1 is 1.21 bits per heavy atom. The van der Waals surface area contributed by atoms with Crippen LogP contribution < -0.4 is 10.5 Å². The Labute approximate surface area is 115 Å². The van der Waals surface area contributed by atoms with Gasteiger partial charge in [0.05, 0.1) is 5.56 Å². The van der Waals surface area contributed by atoms with E-state index in [0.29, 0.717) is 22.0 Å². The molecule has 4 nitrogen and oxygen atoms in total. The normalized spacial score (nSPS) is 10.2. The third kappa shape index (κ3) is 3.39. The minimum atomic E-state index is -1.03. The number of carbonyl (C=O) groups is 1. The topological polar surface area (TPSA) is 72.5 Å². The van der Waals surface area contributed by atoms with Crippen LogP contribution in [0.25, 0.3) is 0 Å². The molecule has 19 heavy (non-hydrogen) atoms. The Morgan fingerprint density at radius 3 is 2.53 bits per heavy atom. The van der Waals surface area contributed by atoms with Crippen LogP contribution in [0.3, 0.4) is 0 Å². The summed E-state index contributed by atoms with van der Waals surface area (Å²) in [6.07, 6.45) is 0. The molecule has 0 amide bonds. The van der Waals surface area contributed by atoms with E-state index >= 15 is 0 Å². The molecule has 5 heteroatoms. The molecule has 0 aliphatic carbocycles. The standard InChI is InChI=1S/C14H12ClNO3/c15-10-2-5-12(6-3-10)19-8-9-1-4-11(16)7-13(9)14(17)18/h1-7H,8,16H2,(H,17,18). The molecule has 0 saturated heterocycles. The van der Waals surface area contributed by atoms with Gasteiger partial charge in [-0.1, -0.05) is 17.7 Å². The van der Waals surface area contributed by atoms with Gasteiger partial charge in [0.15, 0.2) is 0 Å². The summed E-state index contributed by atoms with van der Waals surface area (Å²) in [6, 6.07) is 11.6. The Bertz CT molecular complexity index is 596. The molecule has 98 valence electrons. The molecule has 3 N–H and O–H groups in total. The lowest BCUT2D eigenvalue weighted by atomic mass is 10.1. The van der Waals surface area contributed by atoms with Gasteiger partial charge < -0.3 is 15.6 Å². The summed E-state index contributed by atoms with van der Waals surface area (Å²) >= 11 is 5.77. The van der Waals surface area contributed by atoms with Gasteiger partial charge in [0, 0.05) is 16.3 Å². The zero-order valence-corrected chi connectivity index (χ0v) is 10.7. The molecule has 2 aromatic rings. The van der Waals surface area contributed by atoms with Gasteiger partial charge in [-0.3, -0.25) is 0 Å². The van der Waals surface area contributed by atoms with Crippen LogP contribution in [-0.2, 0) is 6.61 Å². The monoisotopic (exact) mass is 277 g/mol. The molecule has 0 heterocycles. The summed E-state index contributed by atoms with van der Waals surface area (Å²) in [6.45, 7) is 0.156. The van der Waals surface area contributed by atoms with Crippen molar-refractivity contribution < 1.29 is 14.6 Å². The maximum atomic E-state index is 11.1. The smallest absolute Gasteiger partial charge is 0.336 e. The van der Waals surface area contributed by atoms with Gasteiger partial charge in [-0.05, 0) is 36.4 Å². The van der Waals surface area contributed by atoms with E-state index in [1.165, 1.54) is 6.07 Å². The average Bonchev–Trinajstić information content (AvgIpc) is 2.39. The van der Waals surface area contributed by atoms with Crippen molar-refractivity contribution in [2.45, 2.75) is 6.61 Å².